The van der Waals surface area contributed by atoms with E-state index < -0.39 is 0 Å². The quantitative estimate of drug-likeness (QED) is 0.482. The fraction of sp³-hybridized carbons (Fsp3) is 0.500. The van der Waals surface area contributed by atoms with Crippen molar-refractivity contribution in [3.8, 4) is 0 Å². The molecule has 0 spiro atoms. The molecule has 1 aliphatic rings. The van der Waals surface area contributed by atoms with Crippen LogP contribution in [0, 0.1) is 0 Å². The van der Waals surface area contributed by atoms with Gasteiger partial charge in [-0.15, -0.1) is 0 Å². The van der Waals surface area contributed by atoms with E-state index in [0.717, 1.165) is 31.5 Å². The molecule has 0 fully saturated rings. The van der Waals surface area contributed by atoms with E-state index in [2.05, 4.69) is 19.0 Å². The third-order valence-electron chi connectivity index (χ3n) is 2.43. The van der Waals surface area contributed by atoms with Crippen molar-refractivity contribution in [3.05, 3.63) is 17.2 Å². The lowest BCUT2D eigenvalue weighted by Gasteiger charge is -2.21. The Kier molecular flexibility index (Phi) is 2.18. The number of fused-ring (bicyclic) bond motifs is 1. The Labute approximate surface area is 79.2 Å². The Balaban J connectivity index is 2.45. The highest BCUT2D eigenvalue weighted by atomic mass is 31.0. The highest BCUT2D eigenvalue weighted by Gasteiger charge is 2.19. The maximum absolute atomic E-state index is 10.6. The van der Waals surface area contributed by atoms with E-state index in [-0.39, 0.29) is 0 Å². The predicted molar refractivity (Wildman–Crippen MR) is 52.4 cm³/mol. The summed E-state index contributed by atoms with van der Waals surface area (Å²) in [5.41, 5.74) is 2.23. The number of carbonyl (C=O) groups excluding carboxylic acids is 1. The first-order valence-corrected chi connectivity index (χ1v) is 4.73. The number of rotatable bonds is 1. The van der Waals surface area contributed by atoms with Crippen molar-refractivity contribution in [2.75, 3.05) is 6.54 Å². The van der Waals surface area contributed by atoms with Crippen molar-refractivity contribution < 1.29 is 4.79 Å². The number of carbonyl (C=O) groups is 1. The van der Waals surface area contributed by atoms with Crippen LogP contribution in [0.5, 0.6) is 0 Å². The molecule has 1 unspecified atom stereocenters. The first kappa shape index (κ1) is 8.85. The number of hydrogen-bond donors (Lipinski definition) is 0. The van der Waals surface area contributed by atoms with E-state index in [4.69, 9.17) is 0 Å². The molecule has 0 amide bonds. The maximum atomic E-state index is 10.6. The van der Waals surface area contributed by atoms with Crippen LogP contribution in [-0.2, 0) is 20.0 Å². The lowest BCUT2D eigenvalue weighted by molar-refractivity contribution is 0.111. The second-order valence-corrected chi connectivity index (χ2v) is 3.99. The third kappa shape index (κ3) is 1.40. The van der Waals surface area contributed by atoms with Gasteiger partial charge >= 0.3 is 0 Å². The van der Waals surface area contributed by atoms with E-state index in [1.54, 1.807) is 0 Å². The summed E-state index contributed by atoms with van der Waals surface area (Å²) in [5, 5.41) is 0. The molecular formula is C8H12N3OP. The van der Waals surface area contributed by atoms with E-state index in [9.17, 15) is 4.79 Å². The van der Waals surface area contributed by atoms with E-state index in [0.29, 0.717) is 5.82 Å². The van der Waals surface area contributed by atoms with Crippen LogP contribution < -0.4 is 0 Å². The zero-order chi connectivity index (χ0) is 9.42. The predicted octanol–water partition coefficient (Wildman–Crippen LogP) is 0.381. The Morgan fingerprint density at radius 1 is 1.62 bits per heavy atom. The van der Waals surface area contributed by atoms with E-state index in [1.165, 1.54) is 5.69 Å². The molecule has 13 heavy (non-hydrogen) atoms. The summed E-state index contributed by atoms with van der Waals surface area (Å²) in [6.07, 6.45) is 1.78. The Bertz CT molecular complexity index is 347. The molecule has 1 aromatic rings. The molecule has 0 bridgehead atoms. The van der Waals surface area contributed by atoms with Crippen LogP contribution in [0.15, 0.2) is 0 Å². The molecule has 0 aromatic carbocycles. The molecule has 1 aromatic heterocycles. The Morgan fingerprint density at radius 2 is 2.38 bits per heavy atom. The van der Waals surface area contributed by atoms with E-state index >= 15 is 0 Å². The molecule has 2 rings (SSSR count). The number of hydrogen-bond acceptors (Lipinski definition) is 3. The SMILES string of the molecule is Cn1c(C=O)nc2c1CCN(P)C2. The summed E-state index contributed by atoms with van der Waals surface area (Å²) >= 11 is 0. The minimum atomic E-state index is 0.533. The molecule has 5 heteroatoms. The number of imidazole rings is 1. The van der Waals surface area contributed by atoms with Gasteiger partial charge in [0.1, 0.15) is 0 Å². The molecule has 1 aliphatic heterocycles. The van der Waals surface area contributed by atoms with Gasteiger partial charge in [-0.2, -0.15) is 0 Å². The molecular weight excluding hydrogens is 185 g/mol. The average molecular weight is 197 g/mol. The van der Waals surface area contributed by atoms with Gasteiger partial charge in [0.25, 0.3) is 0 Å². The molecule has 0 aliphatic carbocycles. The van der Waals surface area contributed by atoms with Crippen LogP contribution in [-0.4, -0.2) is 27.1 Å². The fourth-order valence-corrected chi connectivity index (χ4v) is 1.98. The van der Waals surface area contributed by atoms with Crippen LogP contribution in [0.2, 0.25) is 0 Å². The fourth-order valence-electron chi connectivity index (χ4n) is 1.67. The molecule has 4 nitrogen and oxygen atoms in total. The Morgan fingerprint density at radius 3 is 3.08 bits per heavy atom. The molecule has 0 N–H and O–H groups in total. The first-order valence-electron chi connectivity index (χ1n) is 4.21. The standard InChI is InChI=1S/C8H12N3OP/c1-10-7-2-3-11(13)4-6(7)9-8(10)5-12/h5H,2-4,13H2,1H3. The van der Waals surface area contributed by atoms with Gasteiger partial charge in [0.05, 0.1) is 5.69 Å². The Hall–Kier alpha value is -0.730. The zero-order valence-electron chi connectivity index (χ0n) is 7.53. The minimum Gasteiger partial charge on any atom is -0.329 e. The monoisotopic (exact) mass is 197 g/mol. The zero-order valence-corrected chi connectivity index (χ0v) is 8.68. The van der Waals surface area contributed by atoms with Gasteiger partial charge in [0.2, 0.25) is 0 Å². The molecule has 2 heterocycles. The summed E-state index contributed by atoms with van der Waals surface area (Å²) in [6, 6.07) is 0. The van der Waals surface area contributed by atoms with Gasteiger partial charge in [-0.25, -0.2) is 4.98 Å². The first-order chi connectivity index (χ1) is 6.22. The van der Waals surface area contributed by atoms with Crippen LogP contribution in [0.1, 0.15) is 22.0 Å². The molecule has 0 saturated carbocycles. The topological polar surface area (TPSA) is 38.1 Å². The lowest BCUT2D eigenvalue weighted by Crippen LogP contribution is -2.22. The number of aromatic nitrogens is 2. The summed E-state index contributed by atoms with van der Waals surface area (Å²) < 4.78 is 4.02. The number of nitrogens with zero attached hydrogens (tertiary/aromatic N) is 3. The van der Waals surface area contributed by atoms with Crippen molar-refractivity contribution in [1.82, 2.24) is 14.2 Å². The van der Waals surface area contributed by atoms with E-state index in [1.807, 2.05) is 11.6 Å². The smallest absolute Gasteiger partial charge is 0.185 e. The van der Waals surface area contributed by atoms with Crippen LogP contribution in [0.4, 0.5) is 0 Å². The highest BCUT2D eigenvalue weighted by Crippen LogP contribution is 2.20. The van der Waals surface area contributed by atoms with Crippen molar-refractivity contribution in [1.29, 1.82) is 0 Å². The van der Waals surface area contributed by atoms with Crippen molar-refractivity contribution in [3.63, 3.8) is 0 Å². The van der Waals surface area contributed by atoms with Gasteiger partial charge < -0.3 is 4.57 Å². The number of aldehydes is 1. The van der Waals surface area contributed by atoms with Gasteiger partial charge in [0, 0.05) is 32.3 Å². The largest absolute Gasteiger partial charge is 0.329 e. The van der Waals surface area contributed by atoms with Crippen LogP contribution in [0.3, 0.4) is 0 Å². The second-order valence-electron chi connectivity index (χ2n) is 3.26. The minimum absolute atomic E-state index is 0.533. The van der Waals surface area contributed by atoms with Crippen molar-refractivity contribution in [2.24, 2.45) is 7.05 Å². The van der Waals surface area contributed by atoms with Crippen LogP contribution >= 0.6 is 9.39 Å². The summed E-state index contributed by atoms with van der Waals surface area (Å²) in [6.45, 7) is 1.83. The maximum Gasteiger partial charge on any atom is 0.185 e. The van der Waals surface area contributed by atoms with Gasteiger partial charge in [-0.05, 0) is 0 Å². The summed E-state index contributed by atoms with van der Waals surface area (Å²) in [4.78, 5) is 14.9. The molecule has 0 radical (unpaired) electrons. The summed E-state index contributed by atoms with van der Waals surface area (Å²) in [5.74, 6) is 0.533. The normalized spacial score (nSPS) is 17.1. The third-order valence-corrected chi connectivity index (χ3v) is 2.87. The average Bonchev–Trinajstić information content (AvgIpc) is 2.42. The molecule has 0 saturated heterocycles. The molecule has 1 atom stereocenters. The van der Waals surface area contributed by atoms with Crippen LogP contribution in [0.25, 0.3) is 0 Å². The lowest BCUT2D eigenvalue weighted by atomic mass is 10.2. The van der Waals surface area contributed by atoms with Gasteiger partial charge in [-0.1, -0.05) is 9.39 Å². The highest BCUT2D eigenvalue weighted by molar-refractivity contribution is 7.13. The van der Waals surface area contributed by atoms with Crippen molar-refractivity contribution >= 4 is 15.7 Å². The second kappa shape index (κ2) is 3.20. The molecule has 70 valence electrons. The van der Waals surface area contributed by atoms with Crippen molar-refractivity contribution in [2.45, 2.75) is 13.0 Å². The van der Waals surface area contributed by atoms with Gasteiger partial charge in [-0.3, -0.25) is 9.46 Å². The summed E-state index contributed by atoms with van der Waals surface area (Å²) in [7, 11) is 4.56. The van der Waals surface area contributed by atoms with Gasteiger partial charge in [0.15, 0.2) is 12.1 Å².